The lowest BCUT2D eigenvalue weighted by atomic mass is 9.92. The number of carbonyl (C=O) groups excluding carboxylic acids is 1. The molecule has 0 aliphatic heterocycles. The number of hydrogen-bond acceptors (Lipinski definition) is 4. The lowest BCUT2D eigenvalue weighted by molar-refractivity contribution is 0.242. The monoisotopic (exact) mass is 527 g/mol. The third-order valence-corrected chi connectivity index (χ3v) is 7.26. The molecule has 3 rings (SSSR count). The highest BCUT2D eigenvalue weighted by Crippen LogP contribution is 2.28. The van der Waals surface area contributed by atoms with Crippen LogP contribution in [0.2, 0.25) is 5.02 Å². The second-order valence-electron chi connectivity index (χ2n) is 8.77. The number of carbonyl (C=O) groups is 1. The van der Waals surface area contributed by atoms with Gasteiger partial charge in [-0.1, -0.05) is 42.0 Å². The lowest BCUT2D eigenvalue weighted by Gasteiger charge is -2.27. The molecule has 0 aliphatic rings. The van der Waals surface area contributed by atoms with E-state index in [2.05, 4.69) is 21.9 Å². The van der Waals surface area contributed by atoms with E-state index >= 15 is 0 Å². The van der Waals surface area contributed by atoms with Gasteiger partial charge in [0.15, 0.2) is 0 Å². The van der Waals surface area contributed by atoms with Gasteiger partial charge in [-0.3, -0.25) is 4.72 Å². The van der Waals surface area contributed by atoms with Gasteiger partial charge in [0.25, 0.3) is 10.0 Å². The summed E-state index contributed by atoms with van der Waals surface area (Å²) in [6.45, 7) is 12.0. The van der Waals surface area contributed by atoms with E-state index in [4.69, 9.17) is 16.3 Å². The summed E-state index contributed by atoms with van der Waals surface area (Å²) in [6.07, 6.45) is 0. The zero-order valence-corrected chi connectivity index (χ0v) is 22.3. The first-order chi connectivity index (χ1) is 16.9. The predicted molar refractivity (Wildman–Crippen MR) is 146 cm³/mol. The fourth-order valence-corrected chi connectivity index (χ4v) is 5.06. The SMILES string of the molecule is C=C(C)c1cccc(C(C)(C)NC(=O)Nc2ccc(Cl)c(S(=O)(=O)Nc3ccc(OCC)cc3)c2)c1. The Labute approximate surface area is 217 Å². The van der Waals surface area contributed by atoms with E-state index in [-0.39, 0.29) is 15.6 Å². The highest BCUT2D eigenvalue weighted by atomic mass is 35.5. The molecule has 0 spiro atoms. The van der Waals surface area contributed by atoms with Crippen molar-refractivity contribution in [2.45, 2.75) is 38.1 Å². The van der Waals surface area contributed by atoms with E-state index in [9.17, 15) is 13.2 Å². The molecule has 0 aliphatic carbocycles. The number of sulfonamides is 1. The van der Waals surface area contributed by atoms with E-state index in [0.29, 0.717) is 18.0 Å². The molecule has 0 aromatic heterocycles. The zero-order chi connectivity index (χ0) is 26.5. The largest absolute Gasteiger partial charge is 0.494 e. The van der Waals surface area contributed by atoms with Crippen LogP contribution < -0.4 is 20.1 Å². The van der Waals surface area contributed by atoms with Crippen LogP contribution in [0.1, 0.15) is 38.8 Å². The molecule has 36 heavy (non-hydrogen) atoms. The van der Waals surface area contributed by atoms with Gasteiger partial charge in [-0.2, -0.15) is 0 Å². The Morgan fingerprint density at radius 1 is 1.03 bits per heavy atom. The molecule has 3 N–H and O–H groups in total. The van der Waals surface area contributed by atoms with Gasteiger partial charge in [-0.25, -0.2) is 13.2 Å². The number of halogens is 1. The van der Waals surface area contributed by atoms with Crippen LogP contribution in [0.15, 0.2) is 78.2 Å². The van der Waals surface area contributed by atoms with Crippen molar-refractivity contribution in [1.29, 1.82) is 0 Å². The van der Waals surface area contributed by atoms with Crippen LogP contribution >= 0.6 is 11.6 Å². The van der Waals surface area contributed by atoms with Crippen LogP contribution in [0.4, 0.5) is 16.2 Å². The maximum atomic E-state index is 13.0. The van der Waals surface area contributed by atoms with E-state index < -0.39 is 21.6 Å². The Hall–Kier alpha value is -3.49. The van der Waals surface area contributed by atoms with E-state index in [1.54, 1.807) is 24.3 Å². The Bertz CT molecular complexity index is 1370. The summed E-state index contributed by atoms with van der Waals surface area (Å²) in [5.74, 6) is 0.630. The molecule has 0 saturated heterocycles. The number of anilines is 2. The molecular formula is C27H30ClN3O4S. The summed E-state index contributed by atoms with van der Waals surface area (Å²) in [7, 11) is -4.02. The summed E-state index contributed by atoms with van der Waals surface area (Å²) in [4.78, 5) is 12.6. The fourth-order valence-electron chi connectivity index (χ4n) is 3.47. The third-order valence-electron chi connectivity index (χ3n) is 5.40. The Morgan fingerprint density at radius 2 is 1.69 bits per heavy atom. The van der Waals surface area contributed by atoms with Crippen molar-refractivity contribution >= 4 is 44.6 Å². The van der Waals surface area contributed by atoms with Gasteiger partial charge >= 0.3 is 6.03 Å². The first kappa shape index (κ1) is 27.1. The number of hydrogen-bond donors (Lipinski definition) is 3. The van der Waals surface area contributed by atoms with Gasteiger partial charge < -0.3 is 15.4 Å². The maximum absolute atomic E-state index is 13.0. The molecule has 3 aromatic carbocycles. The molecule has 3 aromatic rings. The van der Waals surface area contributed by atoms with Crippen LogP contribution in [0.25, 0.3) is 5.57 Å². The van der Waals surface area contributed by atoms with Crippen molar-refractivity contribution in [3.63, 3.8) is 0 Å². The average molecular weight is 528 g/mol. The maximum Gasteiger partial charge on any atom is 0.319 e. The summed E-state index contributed by atoms with van der Waals surface area (Å²) in [5.41, 5.74) is 2.73. The molecule has 0 bridgehead atoms. The summed E-state index contributed by atoms with van der Waals surface area (Å²) >= 11 is 6.20. The molecule has 0 atom stereocenters. The van der Waals surface area contributed by atoms with Gasteiger partial charge in [0, 0.05) is 11.4 Å². The molecule has 0 saturated carbocycles. The quantitative estimate of drug-likeness (QED) is 0.291. The number of benzene rings is 3. The molecular weight excluding hydrogens is 498 g/mol. The minimum Gasteiger partial charge on any atom is -0.494 e. The standard InChI is InChI=1S/C27H30ClN3O4S/c1-6-35-23-13-10-21(11-14-23)31-36(33,34)25-17-22(12-15-24(25)28)29-26(32)30-27(4,5)20-9-7-8-19(16-20)18(2)3/h7-17,31H,2,6H2,1,3-5H3,(H2,29,30,32). The van der Waals surface area contributed by atoms with E-state index in [0.717, 1.165) is 16.7 Å². The first-order valence-electron chi connectivity index (χ1n) is 11.3. The normalized spacial score (nSPS) is 11.5. The van der Waals surface area contributed by atoms with Crippen molar-refractivity contribution in [1.82, 2.24) is 5.32 Å². The minimum atomic E-state index is -4.02. The topological polar surface area (TPSA) is 96.5 Å². The Balaban J connectivity index is 1.75. The van der Waals surface area contributed by atoms with Crippen LogP contribution in [0.5, 0.6) is 5.75 Å². The van der Waals surface area contributed by atoms with Crippen LogP contribution in [0.3, 0.4) is 0 Å². The fraction of sp³-hybridized carbons (Fsp3) is 0.222. The van der Waals surface area contributed by atoms with Crippen molar-refractivity contribution in [2.75, 3.05) is 16.6 Å². The van der Waals surface area contributed by atoms with Crippen LogP contribution in [-0.4, -0.2) is 21.1 Å². The first-order valence-corrected chi connectivity index (χ1v) is 13.2. The van der Waals surface area contributed by atoms with Gasteiger partial charge in [0.2, 0.25) is 0 Å². The van der Waals surface area contributed by atoms with E-state index in [1.165, 1.54) is 18.2 Å². The molecule has 190 valence electrons. The number of allylic oxidation sites excluding steroid dienone is 1. The molecule has 9 heteroatoms. The number of ether oxygens (including phenoxy) is 1. The molecule has 0 heterocycles. The second-order valence-corrected chi connectivity index (χ2v) is 10.8. The second kappa shape index (κ2) is 11.1. The third kappa shape index (κ3) is 6.80. The van der Waals surface area contributed by atoms with Crippen LogP contribution in [0, 0.1) is 0 Å². The predicted octanol–water partition coefficient (Wildman–Crippen LogP) is 6.63. The lowest BCUT2D eigenvalue weighted by Crippen LogP contribution is -2.43. The number of urea groups is 1. The summed E-state index contributed by atoms with van der Waals surface area (Å²) < 4.78 is 33.9. The minimum absolute atomic E-state index is 0.0244. The van der Waals surface area contributed by atoms with Crippen molar-refractivity contribution in [3.8, 4) is 5.75 Å². The number of nitrogens with one attached hydrogen (secondary N) is 3. The van der Waals surface area contributed by atoms with Gasteiger partial charge in [-0.05, 0) is 87.4 Å². The van der Waals surface area contributed by atoms with Crippen LogP contribution in [-0.2, 0) is 15.6 Å². The molecule has 2 amide bonds. The Kier molecular flexibility index (Phi) is 8.32. The molecule has 0 radical (unpaired) electrons. The van der Waals surface area contributed by atoms with Crippen molar-refractivity contribution in [2.24, 2.45) is 0 Å². The van der Waals surface area contributed by atoms with Crippen molar-refractivity contribution < 1.29 is 17.9 Å². The van der Waals surface area contributed by atoms with Crippen molar-refractivity contribution in [3.05, 3.63) is 89.5 Å². The number of amides is 2. The molecule has 0 fully saturated rings. The molecule has 0 unspecified atom stereocenters. The van der Waals surface area contributed by atoms with Gasteiger partial charge in [-0.15, -0.1) is 0 Å². The summed E-state index contributed by atoms with van der Waals surface area (Å²) in [5, 5.41) is 5.65. The highest BCUT2D eigenvalue weighted by molar-refractivity contribution is 7.92. The van der Waals surface area contributed by atoms with E-state index in [1.807, 2.05) is 52.0 Å². The highest BCUT2D eigenvalue weighted by Gasteiger charge is 2.24. The molecule has 7 nitrogen and oxygen atoms in total. The summed E-state index contributed by atoms with van der Waals surface area (Å²) in [6, 6.07) is 18.1. The smallest absolute Gasteiger partial charge is 0.319 e. The van der Waals surface area contributed by atoms with Gasteiger partial charge in [0.1, 0.15) is 10.6 Å². The average Bonchev–Trinajstić information content (AvgIpc) is 2.81. The number of rotatable bonds is 9. The van der Waals surface area contributed by atoms with Gasteiger partial charge in [0.05, 0.1) is 17.2 Å². The Morgan fingerprint density at radius 3 is 2.33 bits per heavy atom. The zero-order valence-electron chi connectivity index (χ0n) is 20.7.